The van der Waals surface area contributed by atoms with Gasteiger partial charge in [0.1, 0.15) is 12.7 Å². The Morgan fingerprint density at radius 1 is 1.50 bits per heavy atom. The van der Waals surface area contributed by atoms with Crippen molar-refractivity contribution >= 4 is 11.9 Å². The molecule has 1 aromatic rings. The number of carboxylic acids is 1. The third-order valence-electron chi connectivity index (χ3n) is 2.76. The highest BCUT2D eigenvalue weighted by Gasteiger charge is 2.32. The van der Waals surface area contributed by atoms with Gasteiger partial charge < -0.3 is 14.7 Å². The van der Waals surface area contributed by atoms with E-state index in [0.29, 0.717) is 19.7 Å². The van der Waals surface area contributed by atoms with Crippen molar-refractivity contribution in [2.45, 2.75) is 19.0 Å². The molecular weight excluding hydrogens is 240 g/mol. The van der Waals surface area contributed by atoms with Crippen molar-refractivity contribution in [3.05, 3.63) is 12.7 Å². The number of carbonyl (C=O) groups is 2. The lowest BCUT2D eigenvalue weighted by atomic mass is 10.2. The van der Waals surface area contributed by atoms with Crippen molar-refractivity contribution < 1.29 is 19.4 Å². The minimum Gasteiger partial charge on any atom is -0.480 e. The van der Waals surface area contributed by atoms with Crippen LogP contribution in [0.3, 0.4) is 0 Å². The van der Waals surface area contributed by atoms with Crippen LogP contribution in [0.2, 0.25) is 0 Å². The minimum absolute atomic E-state index is 0.0460. The number of aromatic nitrogens is 3. The van der Waals surface area contributed by atoms with Gasteiger partial charge in [0.05, 0.1) is 19.8 Å². The number of hydrogen-bond acceptors (Lipinski definition) is 5. The fraction of sp³-hybridized carbons (Fsp3) is 0.600. The van der Waals surface area contributed by atoms with Gasteiger partial charge in [0.2, 0.25) is 5.91 Å². The van der Waals surface area contributed by atoms with Gasteiger partial charge in [0.15, 0.2) is 6.04 Å². The Bertz CT molecular complexity index is 420. The fourth-order valence-corrected chi connectivity index (χ4v) is 1.81. The van der Waals surface area contributed by atoms with E-state index in [-0.39, 0.29) is 18.9 Å². The van der Waals surface area contributed by atoms with Gasteiger partial charge in [-0.2, -0.15) is 5.10 Å². The Hall–Kier alpha value is -1.96. The number of aryl methyl sites for hydroxylation is 1. The zero-order valence-corrected chi connectivity index (χ0v) is 9.73. The molecule has 1 atom stereocenters. The average Bonchev–Trinajstić information content (AvgIpc) is 2.89. The maximum Gasteiger partial charge on any atom is 0.328 e. The molecular formula is C10H14N4O4. The summed E-state index contributed by atoms with van der Waals surface area (Å²) in [5, 5.41) is 12.9. The highest BCUT2D eigenvalue weighted by molar-refractivity contribution is 5.83. The smallest absolute Gasteiger partial charge is 0.328 e. The molecule has 98 valence electrons. The Kier molecular flexibility index (Phi) is 3.88. The average molecular weight is 254 g/mol. The first-order valence-electron chi connectivity index (χ1n) is 5.61. The summed E-state index contributed by atoms with van der Waals surface area (Å²) in [7, 11) is 0. The van der Waals surface area contributed by atoms with Crippen molar-refractivity contribution in [2.24, 2.45) is 0 Å². The molecule has 1 aliphatic heterocycles. The van der Waals surface area contributed by atoms with E-state index in [0.717, 1.165) is 0 Å². The van der Waals surface area contributed by atoms with E-state index in [4.69, 9.17) is 9.84 Å². The number of amides is 1. The molecule has 0 spiro atoms. The molecule has 0 saturated carbocycles. The molecule has 1 aromatic heterocycles. The molecule has 1 aliphatic rings. The second kappa shape index (κ2) is 5.58. The Labute approximate surface area is 103 Å². The van der Waals surface area contributed by atoms with Gasteiger partial charge in [-0.1, -0.05) is 0 Å². The van der Waals surface area contributed by atoms with Crippen molar-refractivity contribution in [3.63, 3.8) is 0 Å². The van der Waals surface area contributed by atoms with E-state index < -0.39 is 12.0 Å². The van der Waals surface area contributed by atoms with Crippen LogP contribution in [0.25, 0.3) is 0 Å². The third kappa shape index (κ3) is 2.83. The first-order chi connectivity index (χ1) is 8.68. The lowest BCUT2D eigenvalue weighted by Gasteiger charge is -2.32. The standard InChI is InChI=1S/C10H14N4O4/c15-9(1-2-13-7-11-6-12-13)14-3-4-18-5-8(14)10(16)17/h6-8H,1-5H2,(H,16,17). The predicted octanol–water partition coefficient (Wildman–Crippen LogP) is -1.02. The van der Waals surface area contributed by atoms with Crippen LogP contribution in [0.4, 0.5) is 0 Å². The van der Waals surface area contributed by atoms with Crippen LogP contribution in [0.1, 0.15) is 6.42 Å². The van der Waals surface area contributed by atoms with Crippen molar-refractivity contribution in [3.8, 4) is 0 Å². The molecule has 1 N–H and O–H groups in total. The van der Waals surface area contributed by atoms with Gasteiger partial charge in [-0.25, -0.2) is 9.78 Å². The quantitative estimate of drug-likeness (QED) is 0.738. The molecule has 1 unspecified atom stereocenters. The van der Waals surface area contributed by atoms with Gasteiger partial charge in [-0.3, -0.25) is 9.48 Å². The molecule has 8 nitrogen and oxygen atoms in total. The molecule has 8 heteroatoms. The van der Waals surface area contributed by atoms with E-state index >= 15 is 0 Å². The second-order valence-corrected chi connectivity index (χ2v) is 3.92. The van der Waals surface area contributed by atoms with Gasteiger partial charge >= 0.3 is 5.97 Å². The molecule has 0 aliphatic carbocycles. The number of carboxylic acid groups (broad SMARTS) is 1. The molecule has 18 heavy (non-hydrogen) atoms. The van der Waals surface area contributed by atoms with Gasteiger partial charge in [0.25, 0.3) is 0 Å². The topological polar surface area (TPSA) is 97.6 Å². The number of rotatable bonds is 4. The molecule has 1 amide bonds. The highest BCUT2D eigenvalue weighted by atomic mass is 16.5. The first kappa shape index (κ1) is 12.5. The summed E-state index contributed by atoms with van der Waals surface area (Å²) < 4.78 is 6.61. The van der Waals surface area contributed by atoms with Crippen LogP contribution in [0.15, 0.2) is 12.7 Å². The lowest BCUT2D eigenvalue weighted by Crippen LogP contribution is -2.52. The molecule has 0 bridgehead atoms. The van der Waals surface area contributed by atoms with E-state index in [1.165, 1.54) is 22.2 Å². The minimum atomic E-state index is -1.04. The summed E-state index contributed by atoms with van der Waals surface area (Å²) >= 11 is 0. The molecule has 0 radical (unpaired) electrons. The summed E-state index contributed by atoms with van der Waals surface area (Å²) in [5.41, 5.74) is 0. The van der Waals surface area contributed by atoms with Crippen LogP contribution in [0, 0.1) is 0 Å². The normalized spacial score (nSPS) is 19.8. The number of morpholine rings is 1. The van der Waals surface area contributed by atoms with Crippen molar-refractivity contribution in [2.75, 3.05) is 19.8 Å². The zero-order chi connectivity index (χ0) is 13.0. The van der Waals surface area contributed by atoms with Gasteiger partial charge in [0, 0.05) is 13.0 Å². The summed E-state index contributed by atoms with van der Waals surface area (Å²) in [6.07, 6.45) is 3.10. The van der Waals surface area contributed by atoms with E-state index in [1.54, 1.807) is 0 Å². The Balaban J connectivity index is 1.92. The van der Waals surface area contributed by atoms with Gasteiger partial charge in [-0.15, -0.1) is 0 Å². The molecule has 1 fully saturated rings. The summed E-state index contributed by atoms with van der Waals surface area (Å²) in [5.74, 6) is -1.25. The summed E-state index contributed by atoms with van der Waals surface area (Å²) in [6, 6.07) is -0.887. The van der Waals surface area contributed by atoms with Gasteiger partial charge in [-0.05, 0) is 0 Å². The van der Waals surface area contributed by atoms with Crippen LogP contribution in [0.5, 0.6) is 0 Å². The number of nitrogens with zero attached hydrogens (tertiary/aromatic N) is 4. The van der Waals surface area contributed by atoms with E-state index in [9.17, 15) is 9.59 Å². The molecule has 2 rings (SSSR count). The number of aliphatic carboxylic acids is 1. The first-order valence-corrected chi connectivity index (χ1v) is 5.61. The zero-order valence-electron chi connectivity index (χ0n) is 9.73. The summed E-state index contributed by atoms with van der Waals surface area (Å²) in [6.45, 7) is 1.12. The second-order valence-electron chi connectivity index (χ2n) is 3.92. The molecule has 0 aromatic carbocycles. The Morgan fingerprint density at radius 3 is 3.00 bits per heavy atom. The number of carbonyl (C=O) groups excluding carboxylic acids is 1. The van der Waals surface area contributed by atoms with E-state index in [1.807, 2.05) is 0 Å². The van der Waals surface area contributed by atoms with Crippen molar-refractivity contribution in [1.29, 1.82) is 0 Å². The summed E-state index contributed by atoms with van der Waals surface area (Å²) in [4.78, 5) is 28.1. The monoisotopic (exact) mass is 254 g/mol. The molecule has 1 saturated heterocycles. The third-order valence-corrected chi connectivity index (χ3v) is 2.76. The maximum absolute atomic E-state index is 12.0. The fourth-order valence-electron chi connectivity index (χ4n) is 1.81. The number of hydrogen-bond donors (Lipinski definition) is 1. The van der Waals surface area contributed by atoms with Crippen LogP contribution < -0.4 is 0 Å². The van der Waals surface area contributed by atoms with Crippen LogP contribution in [-0.4, -0.2) is 62.4 Å². The van der Waals surface area contributed by atoms with Crippen LogP contribution in [-0.2, 0) is 20.9 Å². The van der Waals surface area contributed by atoms with Crippen LogP contribution >= 0.6 is 0 Å². The SMILES string of the molecule is O=C(O)C1COCCN1C(=O)CCn1cncn1. The number of ether oxygens (including phenoxy) is 1. The predicted molar refractivity (Wildman–Crippen MR) is 58.6 cm³/mol. The molecule has 2 heterocycles. The van der Waals surface area contributed by atoms with E-state index in [2.05, 4.69) is 10.1 Å². The Morgan fingerprint density at radius 2 is 2.33 bits per heavy atom. The lowest BCUT2D eigenvalue weighted by molar-refractivity contribution is -0.158. The van der Waals surface area contributed by atoms with Crippen molar-refractivity contribution in [1.82, 2.24) is 19.7 Å². The largest absolute Gasteiger partial charge is 0.480 e. The maximum atomic E-state index is 12.0. The highest BCUT2D eigenvalue weighted by Crippen LogP contribution is 2.09.